The third kappa shape index (κ3) is 3.76. The summed E-state index contributed by atoms with van der Waals surface area (Å²) in [6, 6.07) is 20.1. The maximum Gasteiger partial charge on any atom is 0.267 e. The van der Waals surface area contributed by atoms with E-state index in [1.807, 2.05) is 61.5 Å². The first-order valence-corrected chi connectivity index (χ1v) is 7.62. The normalized spacial score (nSPS) is 10.4. The maximum atomic E-state index is 12.2. The van der Waals surface area contributed by atoms with Gasteiger partial charge >= 0.3 is 0 Å². The van der Waals surface area contributed by atoms with Crippen molar-refractivity contribution in [1.82, 2.24) is 9.78 Å². The van der Waals surface area contributed by atoms with Crippen molar-refractivity contribution in [1.29, 1.82) is 0 Å². The quantitative estimate of drug-likeness (QED) is 0.804. The van der Waals surface area contributed by atoms with Crippen LogP contribution in [0.2, 0.25) is 0 Å². The summed E-state index contributed by atoms with van der Waals surface area (Å²) in [4.78, 5) is 24.1. The van der Waals surface area contributed by atoms with E-state index in [1.54, 1.807) is 6.07 Å². The Morgan fingerprint density at radius 3 is 2.58 bits per heavy atom. The van der Waals surface area contributed by atoms with Crippen LogP contribution in [0, 0.1) is 6.92 Å². The molecule has 3 rings (SSSR count). The van der Waals surface area contributed by atoms with Crippen LogP contribution >= 0.6 is 0 Å². The molecule has 0 spiro atoms. The number of aromatic nitrogens is 2. The highest BCUT2D eigenvalue weighted by Crippen LogP contribution is 2.14. The molecule has 5 heteroatoms. The van der Waals surface area contributed by atoms with Crippen LogP contribution in [0.3, 0.4) is 0 Å². The van der Waals surface area contributed by atoms with E-state index >= 15 is 0 Å². The molecule has 0 aliphatic rings. The molecule has 2 aromatic carbocycles. The van der Waals surface area contributed by atoms with Crippen molar-refractivity contribution < 1.29 is 4.79 Å². The van der Waals surface area contributed by atoms with Crippen LogP contribution in [0.1, 0.15) is 5.56 Å². The number of carbonyl (C=O) groups is 1. The summed E-state index contributed by atoms with van der Waals surface area (Å²) in [7, 11) is 0. The van der Waals surface area contributed by atoms with Gasteiger partial charge in [0.15, 0.2) is 0 Å². The lowest BCUT2D eigenvalue weighted by Gasteiger charge is -2.08. The summed E-state index contributed by atoms with van der Waals surface area (Å²) in [5, 5.41) is 7.06. The second kappa shape index (κ2) is 6.91. The molecular weight excluding hydrogens is 302 g/mol. The third-order valence-corrected chi connectivity index (χ3v) is 3.53. The molecule has 0 atom stereocenters. The van der Waals surface area contributed by atoms with Crippen LogP contribution < -0.4 is 10.9 Å². The molecule has 0 aliphatic carbocycles. The second-order valence-electron chi connectivity index (χ2n) is 5.50. The fourth-order valence-electron chi connectivity index (χ4n) is 2.38. The second-order valence-corrected chi connectivity index (χ2v) is 5.50. The lowest BCUT2D eigenvalue weighted by molar-refractivity contribution is -0.117. The zero-order valence-corrected chi connectivity index (χ0v) is 13.3. The Morgan fingerprint density at radius 2 is 1.83 bits per heavy atom. The first-order chi connectivity index (χ1) is 11.6. The molecule has 1 amide bonds. The van der Waals surface area contributed by atoms with Gasteiger partial charge in [-0.15, -0.1) is 0 Å². The zero-order valence-electron chi connectivity index (χ0n) is 13.3. The smallest absolute Gasteiger partial charge is 0.267 e. The molecule has 1 aromatic heterocycles. The van der Waals surface area contributed by atoms with Crippen LogP contribution in [0.4, 0.5) is 5.69 Å². The van der Waals surface area contributed by atoms with E-state index in [0.29, 0.717) is 11.4 Å². The monoisotopic (exact) mass is 319 g/mol. The lowest BCUT2D eigenvalue weighted by Crippen LogP contribution is -2.29. The Hall–Kier alpha value is -3.21. The minimum atomic E-state index is -0.311. The predicted octanol–water partition coefficient (Wildman–Crippen LogP) is 2.86. The molecule has 1 N–H and O–H groups in total. The molecule has 0 saturated heterocycles. The zero-order chi connectivity index (χ0) is 16.9. The summed E-state index contributed by atoms with van der Waals surface area (Å²) in [6.07, 6.45) is 0. The molecule has 0 aliphatic heterocycles. The van der Waals surface area contributed by atoms with Gasteiger partial charge in [-0.25, -0.2) is 4.68 Å². The molecule has 3 aromatic rings. The van der Waals surface area contributed by atoms with E-state index in [-0.39, 0.29) is 18.0 Å². The van der Waals surface area contributed by atoms with Gasteiger partial charge in [-0.05, 0) is 30.7 Å². The maximum absolute atomic E-state index is 12.2. The Kier molecular flexibility index (Phi) is 4.52. The van der Waals surface area contributed by atoms with E-state index in [2.05, 4.69) is 10.4 Å². The van der Waals surface area contributed by atoms with Crippen molar-refractivity contribution in [2.24, 2.45) is 0 Å². The largest absolute Gasteiger partial charge is 0.324 e. The molecule has 24 heavy (non-hydrogen) atoms. The van der Waals surface area contributed by atoms with Gasteiger partial charge in [0.1, 0.15) is 6.54 Å². The van der Waals surface area contributed by atoms with Crippen molar-refractivity contribution in [3.8, 4) is 11.3 Å². The van der Waals surface area contributed by atoms with E-state index in [1.165, 1.54) is 10.7 Å². The van der Waals surface area contributed by atoms with Crippen LogP contribution in [0.25, 0.3) is 11.3 Å². The number of nitrogens with zero attached hydrogens (tertiary/aromatic N) is 2. The lowest BCUT2D eigenvalue weighted by atomic mass is 10.1. The van der Waals surface area contributed by atoms with E-state index in [4.69, 9.17) is 0 Å². The minimum Gasteiger partial charge on any atom is -0.324 e. The number of hydrogen-bond acceptors (Lipinski definition) is 3. The Balaban J connectivity index is 1.79. The Morgan fingerprint density at radius 1 is 1.04 bits per heavy atom. The molecular formula is C19H17N3O2. The van der Waals surface area contributed by atoms with Gasteiger partial charge in [0.25, 0.3) is 5.56 Å². The number of anilines is 1. The molecule has 0 saturated carbocycles. The number of aryl methyl sites for hydroxylation is 1. The van der Waals surface area contributed by atoms with Crippen molar-refractivity contribution >= 4 is 11.6 Å². The fraction of sp³-hybridized carbons (Fsp3) is 0.105. The SMILES string of the molecule is Cc1cccc(NC(=O)Cn2nc(-c3ccccc3)ccc2=O)c1. The summed E-state index contributed by atoms with van der Waals surface area (Å²) in [5.74, 6) is -0.291. The van der Waals surface area contributed by atoms with Crippen LogP contribution in [0.5, 0.6) is 0 Å². The minimum absolute atomic E-state index is 0.131. The van der Waals surface area contributed by atoms with Crippen LogP contribution in [0.15, 0.2) is 71.5 Å². The van der Waals surface area contributed by atoms with Gasteiger partial charge in [0.2, 0.25) is 5.91 Å². The Labute approximate surface area is 139 Å². The topological polar surface area (TPSA) is 64.0 Å². The first kappa shape index (κ1) is 15.7. The molecule has 0 fully saturated rings. The van der Waals surface area contributed by atoms with E-state index in [0.717, 1.165) is 11.1 Å². The van der Waals surface area contributed by atoms with Crippen molar-refractivity contribution in [3.63, 3.8) is 0 Å². The van der Waals surface area contributed by atoms with Crippen LogP contribution in [-0.4, -0.2) is 15.7 Å². The third-order valence-electron chi connectivity index (χ3n) is 3.53. The number of amides is 1. The van der Waals surface area contributed by atoms with E-state index < -0.39 is 0 Å². The highest BCUT2D eigenvalue weighted by molar-refractivity contribution is 5.90. The number of rotatable bonds is 4. The first-order valence-electron chi connectivity index (χ1n) is 7.62. The summed E-state index contributed by atoms with van der Waals surface area (Å²) in [5.41, 5.74) is 2.99. The average molecular weight is 319 g/mol. The van der Waals surface area contributed by atoms with Crippen molar-refractivity contribution in [2.45, 2.75) is 13.5 Å². The highest BCUT2D eigenvalue weighted by atomic mass is 16.2. The van der Waals surface area contributed by atoms with Gasteiger partial charge < -0.3 is 5.32 Å². The molecule has 5 nitrogen and oxygen atoms in total. The molecule has 120 valence electrons. The fourth-order valence-corrected chi connectivity index (χ4v) is 2.38. The van der Waals surface area contributed by atoms with E-state index in [9.17, 15) is 9.59 Å². The van der Waals surface area contributed by atoms with Crippen molar-refractivity contribution in [3.05, 3.63) is 82.6 Å². The predicted molar refractivity (Wildman–Crippen MR) is 93.7 cm³/mol. The standard InChI is InChI=1S/C19H17N3O2/c1-14-6-5-9-16(12-14)20-18(23)13-22-19(24)11-10-17(21-22)15-7-3-2-4-8-15/h2-12H,13H2,1H3,(H,20,23). The van der Waals surface area contributed by atoms with Gasteiger partial charge in [-0.3, -0.25) is 9.59 Å². The Bertz CT molecular complexity index is 917. The van der Waals surface area contributed by atoms with Gasteiger partial charge in [-0.1, -0.05) is 42.5 Å². The number of hydrogen-bond donors (Lipinski definition) is 1. The summed E-state index contributed by atoms with van der Waals surface area (Å²) < 4.78 is 1.17. The summed E-state index contributed by atoms with van der Waals surface area (Å²) >= 11 is 0. The van der Waals surface area contributed by atoms with Crippen molar-refractivity contribution in [2.75, 3.05) is 5.32 Å². The highest BCUT2D eigenvalue weighted by Gasteiger charge is 2.08. The molecule has 0 bridgehead atoms. The van der Waals surface area contributed by atoms with Gasteiger partial charge in [0, 0.05) is 17.3 Å². The number of nitrogens with one attached hydrogen (secondary N) is 1. The average Bonchev–Trinajstić information content (AvgIpc) is 2.57. The van der Waals surface area contributed by atoms with Crippen LogP contribution in [-0.2, 0) is 11.3 Å². The molecule has 1 heterocycles. The summed E-state index contributed by atoms with van der Waals surface area (Å²) in [6.45, 7) is 1.82. The number of benzene rings is 2. The van der Waals surface area contributed by atoms with Gasteiger partial charge in [-0.2, -0.15) is 5.10 Å². The van der Waals surface area contributed by atoms with Gasteiger partial charge in [0.05, 0.1) is 5.69 Å². The number of carbonyl (C=O) groups excluding carboxylic acids is 1. The molecule has 0 radical (unpaired) electrons. The molecule has 0 unspecified atom stereocenters.